The number of nitrogens with two attached hydrogens (primary N) is 1. The Morgan fingerprint density at radius 3 is 3.00 bits per heavy atom. The van der Waals surface area contributed by atoms with Crippen molar-refractivity contribution in [3.8, 4) is 0 Å². The van der Waals surface area contributed by atoms with Crippen LogP contribution >= 0.6 is 27.3 Å². The van der Waals surface area contributed by atoms with Crippen LogP contribution in [0, 0.1) is 0 Å². The molecular weight excluding hydrogens is 300 g/mol. The molecule has 0 amide bonds. The Hall–Kier alpha value is -0.720. The van der Waals surface area contributed by atoms with E-state index < -0.39 is 0 Å². The third-order valence-corrected chi connectivity index (χ3v) is 4.09. The summed E-state index contributed by atoms with van der Waals surface area (Å²) in [5, 5.41) is 8.22. The van der Waals surface area contributed by atoms with Gasteiger partial charge < -0.3 is 5.73 Å². The van der Waals surface area contributed by atoms with E-state index in [1.54, 1.807) is 11.3 Å². The minimum absolute atomic E-state index is 0.00354. The van der Waals surface area contributed by atoms with Crippen LogP contribution in [0.1, 0.15) is 36.4 Å². The number of aromatic nitrogens is 3. The monoisotopic (exact) mass is 314 g/mol. The number of rotatable bonds is 5. The zero-order valence-electron chi connectivity index (χ0n) is 9.64. The van der Waals surface area contributed by atoms with Crippen molar-refractivity contribution in [3.05, 3.63) is 32.7 Å². The van der Waals surface area contributed by atoms with Gasteiger partial charge in [-0.15, -0.1) is 16.4 Å². The second-order valence-electron chi connectivity index (χ2n) is 3.94. The second kappa shape index (κ2) is 5.75. The first-order valence-corrected chi connectivity index (χ1v) is 7.20. The summed E-state index contributed by atoms with van der Waals surface area (Å²) in [6.45, 7) is 2.87. The summed E-state index contributed by atoms with van der Waals surface area (Å²) in [7, 11) is 0. The third-order valence-electron chi connectivity index (χ3n) is 2.48. The number of thiophene rings is 1. The highest BCUT2D eigenvalue weighted by molar-refractivity contribution is 9.11. The lowest BCUT2D eigenvalue weighted by Gasteiger charge is -2.04. The highest BCUT2D eigenvalue weighted by atomic mass is 79.9. The number of halogens is 1. The fourth-order valence-electron chi connectivity index (χ4n) is 1.62. The van der Waals surface area contributed by atoms with Gasteiger partial charge in [0, 0.05) is 4.88 Å². The number of hydrogen-bond acceptors (Lipinski definition) is 4. The minimum Gasteiger partial charge on any atom is -0.323 e. The second-order valence-corrected chi connectivity index (χ2v) is 6.49. The zero-order chi connectivity index (χ0) is 12.3. The van der Waals surface area contributed by atoms with Crippen LogP contribution in [0.5, 0.6) is 0 Å². The predicted octanol–water partition coefficient (Wildman–Crippen LogP) is 2.95. The molecule has 2 heterocycles. The Labute approximate surface area is 113 Å². The maximum Gasteiger partial charge on any atom is 0.0994 e. The van der Waals surface area contributed by atoms with Crippen LogP contribution < -0.4 is 5.73 Å². The molecule has 0 aliphatic rings. The van der Waals surface area contributed by atoms with Gasteiger partial charge in [0.2, 0.25) is 0 Å². The van der Waals surface area contributed by atoms with Crippen molar-refractivity contribution in [2.45, 2.75) is 32.4 Å². The first-order chi connectivity index (χ1) is 8.19. The van der Waals surface area contributed by atoms with E-state index in [0.29, 0.717) is 0 Å². The van der Waals surface area contributed by atoms with Gasteiger partial charge in [0.25, 0.3) is 0 Å². The van der Waals surface area contributed by atoms with Gasteiger partial charge >= 0.3 is 0 Å². The Morgan fingerprint density at radius 2 is 2.35 bits per heavy atom. The SMILES string of the molecule is CCCC(N)c1cn(Cc2ccc(Br)s2)nn1. The fourth-order valence-corrected chi connectivity index (χ4v) is 3.09. The molecule has 92 valence electrons. The molecule has 0 aliphatic heterocycles. The summed E-state index contributed by atoms with van der Waals surface area (Å²) < 4.78 is 2.97. The van der Waals surface area contributed by atoms with Crippen molar-refractivity contribution in [2.75, 3.05) is 0 Å². The van der Waals surface area contributed by atoms with Gasteiger partial charge in [0.15, 0.2) is 0 Å². The molecule has 0 fully saturated rings. The lowest BCUT2D eigenvalue weighted by Crippen LogP contribution is -2.10. The quantitative estimate of drug-likeness (QED) is 0.923. The molecule has 0 spiro atoms. The molecule has 0 aromatic carbocycles. The van der Waals surface area contributed by atoms with Gasteiger partial charge in [-0.25, -0.2) is 4.68 Å². The lowest BCUT2D eigenvalue weighted by atomic mass is 10.1. The van der Waals surface area contributed by atoms with Gasteiger partial charge in [-0.3, -0.25) is 0 Å². The van der Waals surface area contributed by atoms with Crippen molar-refractivity contribution < 1.29 is 0 Å². The van der Waals surface area contributed by atoms with Crippen molar-refractivity contribution >= 4 is 27.3 Å². The largest absolute Gasteiger partial charge is 0.323 e. The fraction of sp³-hybridized carbons (Fsp3) is 0.455. The highest BCUT2D eigenvalue weighted by Crippen LogP contribution is 2.22. The molecule has 1 unspecified atom stereocenters. The van der Waals surface area contributed by atoms with Crippen molar-refractivity contribution in [1.82, 2.24) is 15.0 Å². The average molecular weight is 315 g/mol. The first-order valence-electron chi connectivity index (χ1n) is 5.59. The van der Waals surface area contributed by atoms with Gasteiger partial charge in [0.05, 0.1) is 28.3 Å². The van der Waals surface area contributed by atoms with E-state index in [1.807, 2.05) is 16.9 Å². The Bertz CT molecular complexity index is 479. The topological polar surface area (TPSA) is 56.7 Å². The van der Waals surface area contributed by atoms with E-state index in [4.69, 9.17) is 5.73 Å². The Balaban J connectivity index is 2.03. The zero-order valence-corrected chi connectivity index (χ0v) is 12.0. The van der Waals surface area contributed by atoms with Gasteiger partial charge in [-0.2, -0.15) is 0 Å². The summed E-state index contributed by atoms with van der Waals surface area (Å²) in [4.78, 5) is 1.25. The minimum atomic E-state index is 0.00354. The van der Waals surface area contributed by atoms with E-state index in [0.717, 1.165) is 28.9 Å². The maximum absolute atomic E-state index is 6.00. The molecule has 2 N–H and O–H groups in total. The molecule has 0 saturated carbocycles. The molecule has 2 rings (SSSR count). The van der Waals surface area contributed by atoms with E-state index in [-0.39, 0.29) is 6.04 Å². The normalized spacial score (nSPS) is 12.9. The molecule has 4 nitrogen and oxygen atoms in total. The molecule has 0 radical (unpaired) electrons. The first kappa shape index (κ1) is 12.7. The number of hydrogen-bond donors (Lipinski definition) is 1. The van der Waals surface area contributed by atoms with Crippen LogP contribution in [-0.2, 0) is 6.54 Å². The van der Waals surface area contributed by atoms with Gasteiger partial charge in [-0.05, 0) is 34.5 Å². The molecule has 2 aromatic rings. The van der Waals surface area contributed by atoms with Crippen LogP contribution in [0.25, 0.3) is 0 Å². The molecule has 6 heteroatoms. The smallest absolute Gasteiger partial charge is 0.0994 e. The number of nitrogens with zero attached hydrogens (tertiary/aromatic N) is 3. The van der Waals surface area contributed by atoms with E-state index in [2.05, 4.69) is 39.2 Å². The van der Waals surface area contributed by atoms with Crippen molar-refractivity contribution in [1.29, 1.82) is 0 Å². The van der Waals surface area contributed by atoms with Crippen LogP contribution in [-0.4, -0.2) is 15.0 Å². The maximum atomic E-state index is 6.00. The highest BCUT2D eigenvalue weighted by Gasteiger charge is 2.10. The predicted molar refractivity (Wildman–Crippen MR) is 73.0 cm³/mol. The summed E-state index contributed by atoms with van der Waals surface area (Å²) in [5.74, 6) is 0. The molecule has 0 aliphatic carbocycles. The molecule has 0 saturated heterocycles. The molecule has 2 aromatic heterocycles. The van der Waals surface area contributed by atoms with Gasteiger partial charge in [0.1, 0.15) is 0 Å². The van der Waals surface area contributed by atoms with Gasteiger partial charge in [-0.1, -0.05) is 18.6 Å². The average Bonchev–Trinajstić information content (AvgIpc) is 2.89. The van der Waals surface area contributed by atoms with Crippen molar-refractivity contribution in [3.63, 3.8) is 0 Å². The third kappa shape index (κ3) is 3.37. The van der Waals surface area contributed by atoms with E-state index in [9.17, 15) is 0 Å². The molecule has 0 bridgehead atoms. The Kier molecular flexibility index (Phi) is 4.31. The van der Waals surface area contributed by atoms with Crippen LogP contribution in [0.4, 0.5) is 0 Å². The molecular formula is C11H15BrN4S. The summed E-state index contributed by atoms with van der Waals surface area (Å²) in [6.07, 6.45) is 3.95. The Morgan fingerprint density at radius 1 is 1.53 bits per heavy atom. The summed E-state index contributed by atoms with van der Waals surface area (Å²) in [5.41, 5.74) is 6.87. The summed E-state index contributed by atoms with van der Waals surface area (Å²) in [6, 6.07) is 4.13. The summed E-state index contributed by atoms with van der Waals surface area (Å²) >= 11 is 5.15. The van der Waals surface area contributed by atoms with Crippen LogP contribution in [0.15, 0.2) is 22.1 Å². The van der Waals surface area contributed by atoms with E-state index in [1.165, 1.54) is 4.88 Å². The van der Waals surface area contributed by atoms with Crippen LogP contribution in [0.2, 0.25) is 0 Å². The molecule has 17 heavy (non-hydrogen) atoms. The lowest BCUT2D eigenvalue weighted by molar-refractivity contribution is 0.617. The molecule has 1 atom stereocenters. The van der Waals surface area contributed by atoms with Crippen molar-refractivity contribution in [2.24, 2.45) is 5.73 Å². The standard InChI is InChI=1S/C11H15BrN4S/c1-2-3-9(13)10-7-16(15-14-10)6-8-4-5-11(12)17-8/h4-5,7,9H,2-3,6,13H2,1H3. The van der Waals surface area contributed by atoms with Crippen LogP contribution in [0.3, 0.4) is 0 Å². The van der Waals surface area contributed by atoms with E-state index >= 15 is 0 Å².